The Morgan fingerprint density at radius 1 is 1.23 bits per heavy atom. The third kappa shape index (κ3) is 4.60. The summed E-state index contributed by atoms with van der Waals surface area (Å²) in [6, 6.07) is 4.96. The van der Waals surface area contributed by atoms with Gasteiger partial charge in [-0.05, 0) is 37.5 Å². The first kappa shape index (κ1) is 21.3. The van der Waals surface area contributed by atoms with Crippen LogP contribution < -0.4 is 33.0 Å². The summed E-state index contributed by atoms with van der Waals surface area (Å²) in [5.74, 6) is -0.960. The van der Waals surface area contributed by atoms with E-state index in [1.165, 1.54) is 7.05 Å². The van der Waals surface area contributed by atoms with Crippen molar-refractivity contribution in [1.82, 2.24) is 15.3 Å². The Morgan fingerprint density at radius 3 is 2.63 bits per heavy atom. The molecular formula is C20H27N7O3. The number of aromatic nitrogens is 2. The Hall–Kier alpha value is -3.40. The number of nitrogens with zero attached hydrogens (tertiary/aromatic N) is 1. The van der Waals surface area contributed by atoms with Gasteiger partial charge in [-0.15, -0.1) is 0 Å². The Bertz CT molecular complexity index is 1020. The number of primary amides is 1. The highest BCUT2D eigenvalue weighted by Crippen LogP contribution is 2.24. The molecule has 30 heavy (non-hydrogen) atoms. The summed E-state index contributed by atoms with van der Waals surface area (Å²) < 4.78 is 0. The first-order chi connectivity index (χ1) is 14.3. The number of carbonyl (C=O) groups excluding carboxylic acids is 2. The van der Waals surface area contributed by atoms with E-state index in [4.69, 9.17) is 11.5 Å². The van der Waals surface area contributed by atoms with E-state index in [-0.39, 0.29) is 35.3 Å². The van der Waals surface area contributed by atoms with E-state index < -0.39 is 11.5 Å². The molecule has 1 saturated carbocycles. The quantitative estimate of drug-likeness (QED) is 0.410. The lowest BCUT2D eigenvalue weighted by atomic mass is 9.91. The molecule has 2 amide bonds. The second-order valence-corrected chi connectivity index (χ2v) is 7.44. The molecule has 10 nitrogen and oxygen atoms in total. The fourth-order valence-corrected chi connectivity index (χ4v) is 3.54. The number of benzene rings is 1. The molecule has 0 saturated heterocycles. The molecule has 1 aromatic carbocycles. The summed E-state index contributed by atoms with van der Waals surface area (Å²) >= 11 is 0. The molecule has 1 aromatic heterocycles. The molecule has 3 rings (SSSR count). The highest BCUT2D eigenvalue weighted by Gasteiger charge is 2.24. The molecular weight excluding hydrogens is 386 g/mol. The van der Waals surface area contributed by atoms with Crippen LogP contribution in [0.4, 0.5) is 17.5 Å². The number of hydrogen-bond acceptors (Lipinski definition) is 7. The maximum Gasteiger partial charge on any atom is 0.267 e. The van der Waals surface area contributed by atoms with Gasteiger partial charge in [0.05, 0.1) is 0 Å². The molecule has 1 heterocycles. The molecule has 160 valence electrons. The molecule has 2 aromatic rings. The first-order valence-corrected chi connectivity index (χ1v) is 9.86. The van der Waals surface area contributed by atoms with Crippen molar-refractivity contribution in [1.29, 1.82) is 0 Å². The van der Waals surface area contributed by atoms with Gasteiger partial charge in [-0.25, -0.2) is 0 Å². The second kappa shape index (κ2) is 8.95. The Labute approximate surface area is 173 Å². The predicted molar refractivity (Wildman–Crippen MR) is 115 cm³/mol. The topological polar surface area (TPSA) is 168 Å². The molecule has 0 unspecified atom stereocenters. The van der Waals surface area contributed by atoms with Gasteiger partial charge in [0, 0.05) is 30.4 Å². The van der Waals surface area contributed by atoms with Crippen LogP contribution in [0.1, 0.15) is 52.0 Å². The van der Waals surface area contributed by atoms with Gasteiger partial charge in [0.1, 0.15) is 5.56 Å². The minimum absolute atomic E-state index is 0.00953. The van der Waals surface area contributed by atoms with Gasteiger partial charge in [-0.3, -0.25) is 19.4 Å². The maximum absolute atomic E-state index is 12.6. The SMILES string of the molecule is CNC(=O)c1ccc(C)c(Nc2nc(N[C@H]3CCCC[C@@H]3N)[nH]c(=O)c2C(N)=O)c1. The van der Waals surface area contributed by atoms with E-state index >= 15 is 0 Å². The van der Waals surface area contributed by atoms with Crippen molar-refractivity contribution in [3.05, 3.63) is 45.2 Å². The number of amides is 2. The fraction of sp³-hybridized carbons (Fsp3) is 0.400. The van der Waals surface area contributed by atoms with Crippen LogP contribution in [0.25, 0.3) is 0 Å². The van der Waals surface area contributed by atoms with Gasteiger partial charge in [-0.2, -0.15) is 4.98 Å². The van der Waals surface area contributed by atoms with Gasteiger partial charge >= 0.3 is 0 Å². The third-order valence-corrected chi connectivity index (χ3v) is 5.29. The summed E-state index contributed by atoms with van der Waals surface area (Å²) in [7, 11) is 1.53. The molecule has 2 atom stereocenters. The number of H-pyrrole nitrogens is 1. The van der Waals surface area contributed by atoms with Crippen LogP contribution in [-0.2, 0) is 0 Å². The summed E-state index contributed by atoms with van der Waals surface area (Å²) in [4.78, 5) is 43.4. The lowest BCUT2D eigenvalue weighted by Crippen LogP contribution is -2.43. The van der Waals surface area contributed by atoms with Crippen LogP contribution in [-0.4, -0.2) is 40.9 Å². The van der Waals surface area contributed by atoms with Gasteiger partial charge in [0.2, 0.25) is 5.95 Å². The number of carbonyl (C=O) groups is 2. The highest BCUT2D eigenvalue weighted by atomic mass is 16.2. The van der Waals surface area contributed by atoms with E-state index in [2.05, 4.69) is 25.9 Å². The molecule has 0 bridgehead atoms. The number of anilines is 3. The number of rotatable bonds is 6. The van der Waals surface area contributed by atoms with Crippen LogP contribution in [0, 0.1) is 6.92 Å². The van der Waals surface area contributed by atoms with Crippen LogP contribution in [0.3, 0.4) is 0 Å². The van der Waals surface area contributed by atoms with Gasteiger partial charge in [-0.1, -0.05) is 18.9 Å². The Balaban J connectivity index is 1.98. The van der Waals surface area contributed by atoms with Crippen LogP contribution in [0.15, 0.2) is 23.0 Å². The fourth-order valence-electron chi connectivity index (χ4n) is 3.54. The molecule has 0 spiro atoms. The van der Waals surface area contributed by atoms with Crippen molar-refractivity contribution in [2.75, 3.05) is 17.7 Å². The van der Waals surface area contributed by atoms with Crippen molar-refractivity contribution in [2.45, 2.75) is 44.7 Å². The van der Waals surface area contributed by atoms with Crippen molar-refractivity contribution in [2.24, 2.45) is 11.5 Å². The number of nitrogens with two attached hydrogens (primary N) is 2. The monoisotopic (exact) mass is 413 g/mol. The highest BCUT2D eigenvalue weighted by molar-refractivity contribution is 5.99. The first-order valence-electron chi connectivity index (χ1n) is 9.86. The van der Waals surface area contributed by atoms with Crippen LogP contribution >= 0.6 is 0 Å². The number of aryl methyl sites for hydroxylation is 1. The van der Waals surface area contributed by atoms with Gasteiger partial charge in [0.15, 0.2) is 5.82 Å². The molecule has 1 aliphatic rings. The zero-order valence-electron chi connectivity index (χ0n) is 17.0. The maximum atomic E-state index is 12.6. The molecule has 1 aliphatic carbocycles. The Kier molecular flexibility index (Phi) is 6.36. The van der Waals surface area contributed by atoms with Crippen molar-refractivity contribution < 1.29 is 9.59 Å². The van der Waals surface area contributed by atoms with E-state index in [0.29, 0.717) is 11.3 Å². The summed E-state index contributed by atoms with van der Waals surface area (Å²) in [5, 5.41) is 8.71. The smallest absolute Gasteiger partial charge is 0.267 e. The zero-order chi connectivity index (χ0) is 21.8. The van der Waals surface area contributed by atoms with Crippen LogP contribution in [0.5, 0.6) is 0 Å². The molecule has 0 aliphatic heterocycles. The van der Waals surface area contributed by atoms with Crippen molar-refractivity contribution in [3.8, 4) is 0 Å². The minimum atomic E-state index is -0.910. The van der Waals surface area contributed by atoms with Gasteiger partial charge < -0.3 is 27.4 Å². The second-order valence-electron chi connectivity index (χ2n) is 7.44. The van der Waals surface area contributed by atoms with Gasteiger partial charge in [0.25, 0.3) is 17.4 Å². The van der Waals surface area contributed by atoms with E-state index in [1.54, 1.807) is 18.2 Å². The predicted octanol–water partition coefficient (Wildman–Crippen LogP) is 0.962. The largest absolute Gasteiger partial charge is 0.365 e. The third-order valence-electron chi connectivity index (χ3n) is 5.29. The van der Waals surface area contributed by atoms with E-state index in [0.717, 1.165) is 31.2 Å². The summed E-state index contributed by atoms with van der Waals surface area (Å²) in [6.07, 6.45) is 3.85. The number of nitrogens with one attached hydrogen (secondary N) is 4. The lowest BCUT2D eigenvalue weighted by Gasteiger charge is -2.29. The average Bonchev–Trinajstić information content (AvgIpc) is 2.70. The number of aromatic amines is 1. The van der Waals surface area contributed by atoms with E-state index in [1.807, 2.05) is 6.92 Å². The number of hydrogen-bond donors (Lipinski definition) is 6. The zero-order valence-corrected chi connectivity index (χ0v) is 17.0. The lowest BCUT2D eigenvalue weighted by molar-refractivity contribution is 0.0961. The molecule has 1 fully saturated rings. The summed E-state index contributed by atoms with van der Waals surface area (Å²) in [5.41, 5.74) is 12.4. The molecule has 8 N–H and O–H groups in total. The Morgan fingerprint density at radius 2 is 1.97 bits per heavy atom. The van der Waals surface area contributed by atoms with E-state index in [9.17, 15) is 14.4 Å². The normalized spacial score (nSPS) is 18.5. The summed E-state index contributed by atoms with van der Waals surface area (Å²) in [6.45, 7) is 1.83. The standard InChI is InChI=1S/C20H27N7O3/c1-10-7-8-11(18(29)23-2)9-14(10)24-17-15(16(22)28)19(30)27-20(26-17)25-13-6-4-3-5-12(13)21/h7-9,12-13H,3-6,21H2,1-2H3,(H2,22,28)(H,23,29)(H3,24,25,26,27,30)/t12-,13-/m0/s1. The van der Waals surface area contributed by atoms with Crippen LogP contribution in [0.2, 0.25) is 0 Å². The average molecular weight is 413 g/mol. The molecule has 10 heteroatoms. The van der Waals surface area contributed by atoms with Crippen molar-refractivity contribution in [3.63, 3.8) is 0 Å². The molecule has 0 radical (unpaired) electrons. The minimum Gasteiger partial charge on any atom is -0.365 e. The van der Waals surface area contributed by atoms with Crippen molar-refractivity contribution >= 4 is 29.3 Å².